The van der Waals surface area contributed by atoms with Crippen LogP contribution in [0, 0.1) is 0 Å². The van der Waals surface area contributed by atoms with E-state index in [4.69, 9.17) is 0 Å². The van der Waals surface area contributed by atoms with Crippen LogP contribution in [0.4, 0.5) is 0 Å². The summed E-state index contributed by atoms with van der Waals surface area (Å²) in [6.07, 6.45) is 6.40. The quantitative estimate of drug-likeness (QED) is 0.645. The van der Waals surface area contributed by atoms with Crippen LogP contribution in [-0.4, -0.2) is 24.5 Å². The van der Waals surface area contributed by atoms with Crippen LogP contribution in [0.1, 0.15) is 51.5 Å². The topological polar surface area (TPSA) is 3.24 Å². The minimum Gasteiger partial charge on any atom is -0.304 e. The summed E-state index contributed by atoms with van der Waals surface area (Å²) in [7, 11) is 0. The maximum Gasteiger partial charge on any atom is 0.0159 e. The van der Waals surface area contributed by atoms with Gasteiger partial charge in [0.15, 0.2) is 0 Å². The summed E-state index contributed by atoms with van der Waals surface area (Å²) in [6.45, 7) is 12.4. The van der Waals surface area contributed by atoms with Gasteiger partial charge >= 0.3 is 0 Å². The average molecular weight is 271 g/mol. The highest BCUT2D eigenvalue weighted by molar-refractivity contribution is 5.36. The lowest BCUT2D eigenvalue weighted by molar-refractivity contribution is 0.301. The number of nitrogens with zero attached hydrogens (tertiary/aromatic N) is 1. The fourth-order valence-corrected chi connectivity index (χ4v) is 3.65. The van der Waals surface area contributed by atoms with E-state index in [9.17, 15) is 0 Å². The van der Waals surface area contributed by atoms with Crippen LogP contribution < -0.4 is 0 Å². The Bertz CT molecular complexity index is 411. The Balaban J connectivity index is 2.11. The lowest BCUT2D eigenvalue weighted by Gasteiger charge is -2.33. The van der Waals surface area contributed by atoms with Crippen molar-refractivity contribution in [2.24, 2.45) is 0 Å². The minimum absolute atomic E-state index is 0.258. The molecule has 0 spiro atoms. The second-order valence-corrected chi connectivity index (χ2v) is 6.04. The van der Waals surface area contributed by atoms with E-state index in [1.807, 2.05) is 0 Å². The number of benzene rings is 1. The summed E-state index contributed by atoms with van der Waals surface area (Å²) < 4.78 is 0. The fourth-order valence-electron chi connectivity index (χ4n) is 3.65. The lowest BCUT2D eigenvalue weighted by Crippen LogP contribution is -2.29. The van der Waals surface area contributed by atoms with Crippen LogP contribution in [0.15, 0.2) is 42.5 Å². The van der Waals surface area contributed by atoms with Crippen LogP contribution in [0.3, 0.4) is 0 Å². The normalized spacial score (nSPS) is 17.6. The van der Waals surface area contributed by atoms with Crippen molar-refractivity contribution in [1.29, 1.82) is 0 Å². The molecule has 0 unspecified atom stereocenters. The van der Waals surface area contributed by atoms with E-state index in [1.165, 1.54) is 36.8 Å². The van der Waals surface area contributed by atoms with Gasteiger partial charge in [0.05, 0.1) is 0 Å². The van der Waals surface area contributed by atoms with Gasteiger partial charge in [0.1, 0.15) is 0 Å². The molecule has 1 heteroatoms. The third-order valence-electron chi connectivity index (χ3n) is 5.08. The highest BCUT2D eigenvalue weighted by Crippen LogP contribution is 2.47. The maximum absolute atomic E-state index is 4.50. The number of hydrogen-bond donors (Lipinski definition) is 0. The van der Waals surface area contributed by atoms with Gasteiger partial charge in [-0.2, -0.15) is 0 Å². The summed E-state index contributed by atoms with van der Waals surface area (Å²) in [4.78, 5) is 2.50. The number of hydrogen-bond acceptors (Lipinski definition) is 1. The van der Waals surface area contributed by atoms with Crippen molar-refractivity contribution < 1.29 is 0 Å². The highest BCUT2D eigenvalue weighted by Gasteiger charge is 2.37. The van der Waals surface area contributed by atoms with Crippen molar-refractivity contribution in [2.75, 3.05) is 19.6 Å². The zero-order valence-electron chi connectivity index (χ0n) is 13.2. The van der Waals surface area contributed by atoms with Crippen LogP contribution in [0.25, 0.3) is 0 Å². The second-order valence-electron chi connectivity index (χ2n) is 6.04. The van der Waals surface area contributed by atoms with Gasteiger partial charge in [-0.05, 0) is 37.9 Å². The van der Waals surface area contributed by atoms with Gasteiger partial charge in [-0.3, -0.25) is 0 Å². The Hall–Kier alpha value is -1.08. The van der Waals surface area contributed by atoms with Gasteiger partial charge in [0.2, 0.25) is 0 Å². The van der Waals surface area contributed by atoms with Gasteiger partial charge in [-0.15, -0.1) is 0 Å². The van der Waals surface area contributed by atoms with E-state index in [2.05, 4.69) is 55.7 Å². The molecule has 1 fully saturated rings. The minimum atomic E-state index is 0.258. The first-order valence-corrected chi connectivity index (χ1v) is 8.19. The third kappa shape index (κ3) is 3.15. The predicted octanol–water partition coefficient (Wildman–Crippen LogP) is 4.79. The summed E-state index contributed by atoms with van der Waals surface area (Å²) in [5, 5.41) is 0. The highest BCUT2D eigenvalue weighted by atomic mass is 15.1. The summed E-state index contributed by atoms with van der Waals surface area (Å²) in [5.74, 6) is 0. The van der Waals surface area contributed by atoms with Gasteiger partial charge in [-0.1, -0.05) is 69.2 Å². The first kappa shape index (κ1) is 15.3. The molecule has 1 saturated carbocycles. The molecule has 0 aromatic heterocycles. The molecule has 0 saturated heterocycles. The number of rotatable bonds is 7. The molecular weight excluding hydrogens is 242 g/mol. The SMILES string of the molecule is C=C(CCN(CC)CC)C1(c2ccccc2)CCCC1. The van der Waals surface area contributed by atoms with Gasteiger partial charge in [-0.25, -0.2) is 0 Å². The zero-order chi connectivity index (χ0) is 14.4. The Morgan fingerprint density at radius 3 is 2.25 bits per heavy atom. The smallest absolute Gasteiger partial charge is 0.0159 e. The Morgan fingerprint density at radius 2 is 1.70 bits per heavy atom. The summed E-state index contributed by atoms with van der Waals surface area (Å²) in [6, 6.07) is 11.1. The standard InChI is InChI=1S/C19H29N/c1-4-20(5-2)16-13-17(3)19(14-9-10-15-19)18-11-7-6-8-12-18/h6-8,11-12H,3-5,9-10,13-16H2,1-2H3. The van der Waals surface area contributed by atoms with Gasteiger partial charge in [0.25, 0.3) is 0 Å². The predicted molar refractivity (Wildman–Crippen MR) is 88.1 cm³/mol. The fraction of sp³-hybridized carbons (Fsp3) is 0.579. The molecule has 0 amide bonds. The molecule has 0 atom stereocenters. The molecule has 1 aliphatic carbocycles. The van der Waals surface area contributed by atoms with Crippen molar-refractivity contribution in [2.45, 2.75) is 51.4 Å². The van der Waals surface area contributed by atoms with E-state index < -0.39 is 0 Å². The first-order valence-electron chi connectivity index (χ1n) is 8.19. The van der Waals surface area contributed by atoms with E-state index in [0.29, 0.717) is 0 Å². The molecule has 2 rings (SSSR count). The molecule has 1 aliphatic rings. The van der Waals surface area contributed by atoms with E-state index in [-0.39, 0.29) is 5.41 Å². The molecule has 1 nitrogen and oxygen atoms in total. The molecule has 0 aliphatic heterocycles. The molecular formula is C19H29N. The first-order chi connectivity index (χ1) is 9.73. The van der Waals surface area contributed by atoms with Crippen LogP contribution >= 0.6 is 0 Å². The van der Waals surface area contributed by atoms with Crippen LogP contribution in [0.5, 0.6) is 0 Å². The molecule has 0 N–H and O–H groups in total. The Labute approximate surface area is 124 Å². The monoisotopic (exact) mass is 271 g/mol. The van der Waals surface area contributed by atoms with Crippen molar-refractivity contribution in [3.05, 3.63) is 48.0 Å². The van der Waals surface area contributed by atoms with Gasteiger partial charge in [0, 0.05) is 12.0 Å². The second kappa shape index (κ2) is 7.08. The lowest BCUT2D eigenvalue weighted by atomic mass is 9.72. The van der Waals surface area contributed by atoms with E-state index in [1.54, 1.807) is 0 Å². The Morgan fingerprint density at radius 1 is 1.10 bits per heavy atom. The largest absolute Gasteiger partial charge is 0.304 e. The third-order valence-corrected chi connectivity index (χ3v) is 5.08. The van der Waals surface area contributed by atoms with Crippen molar-refractivity contribution >= 4 is 0 Å². The Kier molecular flexibility index (Phi) is 5.42. The molecule has 0 heterocycles. The van der Waals surface area contributed by atoms with Crippen LogP contribution in [0.2, 0.25) is 0 Å². The molecule has 1 aromatic carbocycles. The molecule has 110 valence electrons. The van der Waals surface area contributed by atoms with Crippen molar-refractivity contribution in [3.8, 4) is 0 Å². The maximum atomic E-state index is 4.50. The summed E-state index contributed by atoms with van der Waals surface area (Å²) in [5.41, 5.74) is 3.20. The molecule has 0 bridgehead atoms. The zero-order valence-corrected chi connectivity index (χ0v) is 13.2. The van der Waals surface area contributed by atoms with E-state index in [0.717, 1.165) is 26.1 Å². The molecule has 0 radical (unpaired) electrons. The van der Waals surface area contributed by atoms with Gasteiger partial charge < -0.3 is 4.90 Å². The van der Waals surface area contributed by atoms with Crippen LogP contribution in [-0.2, 0) is 5.41 Å². The van der Waals surface area contributed by atoms with Crippen molar-refractivity contribution in [3.63, 3.8) is 0 Å². The molecule has 20 heavy (non-hydrogen) atoms. The summed E-state index contributed by atoms with van der Waals surface area (Å²) >= 11 is 0. The average Bonchev–Trinajstić information content (AvgIpc) is 3.00. The van der Waals surface area contributed by atoms with E-state index >= 15 is 0 Å². The molecule has 1 aromatic rings. The van der Waals surface area contributed by atoms with Crippen molar-refractivity contribution in [1.82, 2.24) is 4.90 Å².